The molecule has 1 aliphatic carbocycles. The number of fused-ring (bicyclic) bond motifs is 3. The summed E-state index contributed by atoms with van der Waals surface area (Å²) in [4.78, 5) is 27.8. The first-order valence-corrected chi connectivity index (χ1v) is 11.3. The van der Waals surface area contributed by atoms with Crippen LogP contribution in [0.15, 0.2) is 21.1 Å². The van der Waals surface area contributed by atoms with Gasteiger partial charge in [0.15, 0.2) is 4.34 Å². The van der Waals surface area contributed by atoms with E-state index in [1.807, 2.05) is 23.6 Å². The smallest absolute Gasteiger partial charge is 0.311 e. The van der Waals surface area contributed by atoms with E-state index < -0.39 is 0 Å². The minimum atomic E-state index is -0.234. The topological polar surface area (TPSA) is 65.0 Å². The van der Waals surface area contributed by atoms with Gasteiger partial charge in [-0.25, -0.2) is 15.0 Å². The summed E-state index contributed by atoms with van der Waals surface area (Å²) in [5.41, 5.74) is 2.19. The maximum Gasteiger partial charge on any atom is 0.311 e. The van der Waals surface area contributed by atoms with Crippen molar-refractivity contribution in [2.75, 3.05) is 6.61 Å². The van der Waals surface area contributed by atoms with Gasteiger partial charge in [0.25, 0.3) is 0 Å². The Kier molecular flexibility index (Phi) is 5.52. The van der Waals surface area contributed by atoms with Gasteiger partial charge < -0.3 is 4.74 Å². The van der Waals surface area contributed by atoms with Crippen LogP contribution < -0.4 is 0 Å². The lowest BCUT2D eigenvalue weighted by atomic mass is 10.1. The third-order valence-corrected chi connectivity index (χ3v) is 7.50. The fourth-order valence-corrected chi connectivity index (χ4v) is 6.33. The fourth-order valence-electron chi connectivity index (χ4n) is 3.17. The summed E-state index contributed by atoms with van der Waals surface area (Å²) >= 11 is 4.93. The average Bonchev–Trinajstić information content (AvgIpc) is 3.13. The molecule has 0 unspecified atom stereocenters. The third-order valence-electron chi connectivity index (χ3n) is 4.31. The predicted octanol–water partition coefficient (Wildman–Crippen LogP) is 4.67. The molecule has 0 N–H and O–H groups in total. The van der Waals surface area contributed by atoms with Crippen molar-refractivity contribution in [3.63, 3.8) is 0 Å². The summed E-state index contributed by atoms with van der Waals surface area (Å²) in [6.45, 7) is 2.21. The Hall–Kier alpha value is -1.51. The van der Waals surface area contributed by atoms with Crippen molar-refractivity contribution >= 4 is 50.6 Å². The summed E-state index contributed by atoms with van der Waals surface area (Å²) in [5.74, 6) is -0.234. The minimum absolute atomic E-state index is 0.220. The molecule has 136 valence electrons. The van der Waals surface area contributed by atoms with E-state index >= 15 is 0 Å². The van der Waals surface area contributed by atoms with Crippen molar-refractivity contribution in [3.8, 4) is 0 Å². The maximum atomic E-state index is 11.6. The van der Waals surface area contributed by atoms with Crippen LogP contribution in [-0.2, 0) is 28.8 Å². The van der Waals surface area contributed by atoms with Gasteiger partial charge in [-0.15, -0.1) is 22.7 Å². The number of hydrogen-bond donors (Lipinski definition) is 0. The van der Waals surface area contributed by atoms with Gasteiger partial charge >= 0.3 is 5.97 Å². The van der Waals surface area contributed by atoms with Crippen LogP contribution in [-0.4, -0.2) is 27.5 Å². The molecule has 0 radical (unpaired) electrons. The Bertz CT molecular complexity index is 935. The van der Waals surface area contributed by atoms with Crippen molar-refractivity contribution in [1.82, 2.24) is 15.0 Å². The normalized spacial score (nSPS) is 14.2. The van der Waals surface area contributed by atoms with Crippen molar-refractivity contribution in [1.29, 1.82) is 0 Å². The molecule has 3 aromatic heterocycles. The van der Waals surface area contributed by atoms with Gasteiger partial charge in [0.05, 0.1) is 18.7 Å². The lowest BCUT2D eigenvalue weighted by Crippen LogP contribution is -2.07. The molecular formula is C18H19N3O2S3. The van der Waals surface area contributed by atoms with Gasteiger partial charge in [-0.2, -0.15) is 0 Å². The van der Waals surface area contributed by atoms with Crippen LogP contribution in [0.1, 0.15) is 42.3 Å². The number of carbonyl (C=O) groups is 1. The highest BCUT2D eigenvalue weighted by molar-refractivity contribution is 8.01. The molecule has 0 bridgehead atoms. The quantitative estimate of drug-likeness (QED) is 0.349. The van der Waals surface area contributed by atoms with E-state index in [0.29, 0.717) is 6.61 Å². The molecule has 0 amide bonds. The Morgan fingerprint density at radius 1 is 1.27 bits per heavy atom. The molecule has 0 aromatic carbocycles. The predicted molar refractivity (Wildman–Crippen MR) is 105 cm³/mol. The molecular weight excluding hydrogens is 386 g/mol. The van der Waals surface area contributed by atoms with Crippen LogP contribution in [0.4, 0.5) is 0 Å². The van der Waals surface area contributed by atoms with E-state index in [9.17, 15) is 4.79 Å². The number of rotatable bonds is 5. The van der Waals surface area contributed by atoms with Gasteiger partial charge in [0.1, 0.15) is 16.2 Å². The van der Waals surface area contributed by atoms with Crippen molar-refractivity contribution in [3.05, 3.63) is 27.8 Å². The number of thiophene rings is 1. The Balaban J connectivity index is 1.60. The summed E-state index contributed by atoms with van der Waals surface area (Å²) < 4.78 is 5.90. The third kappa shape index (κ3) is 3.77. The van der Waals surface area contributed by atoms with Gasteiger partial charge in [-0.1, -0.05) is 6.42 Å². The van der Waals surface area contributed by atoms with E-state index in [0.717, 1.165) is 32.7 Å². The molecule has 0 atom stereocenters. The maximum absolute atomic E-state index is 11.6. The Labute approximate surface area is 164 Å². The van der Waals surface area contributed by atoms with Crippen LogP contribution in [0.3, 0.4) is 0 Å². The molecule has 5 nitrogen and oxygen atoms in total. The lowest BCUT2D eigenvalue weighted by molar-refractivity contribution is -0.142. The molecule has 0 fully saturated rings. The van der Waals surface area contributed by atoms with Crippen molar-refractivity contribution in [2.45, 2.75) is 54.8 Å². The molecule has 0 saturated carbocycles. The number of ether oxygens (including phenoxy) is 1. The largest absolute Gasteiger partial charge is 0.466 e. The Morgan fingerprint density at radius 3 is 3.04 bits per heavy atom. The second-order valence-corrected chi connectivity index (χ2v) is 9.29. The molecule has 1 aliphatic rings. The SMILES string of the molecule is CCOC(=O)Cc1csc(Sc2ncnc3sc4c(c23)CCCCC4)n1. The zero-order valence-electron chi connectivity index (χ0n) is 14.5. The number of hydrogen-bond acceptors (Lipinski definition) is 8. The van der Waals surface area contributed by atoms with E-state index in [1.165, 1.54) is 35.1 Å². The second-order valence-electron chi connectivity index (χ2n) is 6.11. The van der Waals surface area contributed by atoms with Crippen molar-refractivity contribution < 1.29 is 9.53 Å². The summed E-state index contributed by atoms with van der Waals surface area (Å²) in [5, 5.41) is 4.11. The molecule has 3 heterocycles. The molecule has 3 aromatic rings. The highest BCUT2D eigenvalue weighted by Gasteiger charge is 2.20. The highest BCUT2D eigenvalue weighted by atomic mass is 32.2. The van der Waals surface area contributed by atoms with Gasteiger partial charge in [-0.05, 0) is 49.9 Å². The highest BCUT2D eigenvalue weighted by Crippen LogP contribution is 2.41. The average molecular weight is 406 g/mol. The van der Waals surface area contributed by atoms with E-state index in [-0.39, 0.29) is 12.4 Å². The minimum Gasteiger partial charge on any atom is -0.466 e. The number of aromatic nitrogens is 3. The monoisotopic (exact) mass is 405 g/mol. The molecule has 4 rings (SSSR count). The van der Waals surface area contributed by atoms with Gasteiger partial charge in [-0.3, -0.25) is 4.79 Å². The first-order chi connectivity index (χ1) is 12.7. The van der Waals surface area contributed by atoms with Crippen LogP contribution in [0, 0.1) is 0 Å². The molecule has 26 heavy (non-hydrogen) atoms. The lowest BCUT2D eigenvalue weighted by Gasteiger charge is -2.03. The number of aryl methyl sites for hydroxylation is 2. The summed E-state index contributed by atoms with van der Waals surface area (Å²) in [6.07, 6.45) is 7.93. The standard InChI is InChI=1S/C18H19N3O2S3/c1-2-23-14(22)8-11-9-24-18(21-11)26-17-15-12-6-4-3-5-7-13(12)25-16(15)19-10-20-17/h9-10H,2-8H2,1H3. The van der Waals surface area contributed by atoms with Crippen LogP contribution >= 0.6 is 34.4 Å². The van der Waals surface area contributed by atoms with E-state index in [2.05, 4.69) is 15.0 Å². The second kappa shape index (κ2) is 8.02. The molecule has 0 saturated heterocycles. The first-order valence-electron chi connectivity index (χ1n) is 8.77. The zero-order valence-corrected chi connectivity index (χ0v) is 16.9. The van der Waals surface area contributed by atoms with Crippen LogP contribution in [0.5, 0.6) is 0 Å². The van der Waals surface area contributed by atoms with E-state index in [4.69, 9.17) is 4.74 Å². The molecule has 8 heteroatoms. The number of nitrogens with zero attached hydrogens (tertiary/aromatic N) is 3. The Morgan fingerprint density at radius 2 is 2.15 bits per heavy atom. The number of carbonyl (C=O) groups excluding carboxylic acids is 1. The van der Waals surface area contributed by atoms with Gasteiger partial charge in [0.2, 0.25) is 0 Å². The molecule has 0 aliphatic heterocycles. The first kappa shape index (κ1) is 17.9. The number of esters is 1. The van der Waals surface area contributed by atoms with E-state index in [1.54, 1.807) is 29.4 Å². The number of thiazole rings is 1. The molecule has 0 spiro atoms. The fraction of sp³-hybridized carbons (Fsp3) is 0.444. The summed E-state index contributed by atoms with van der Waals surface area (Å²) in [6, 6.07) is 0. The van der Waals surface area contributed by atoms with Crippen LogP contribution in [0.2, 0.25) is 0 Å². The zero-order chi connectivity index (χ0) is 17.9. The van der Waals surface area contributed by atoms with Gasteiger partial charge in [0, 0.05) is 15.6 Å². The van der Waals surface area contributed by atoms with Crippen LogP contribution in [0.25, 0.3) is 10.2 Å². The summed E-state index contributed by atoms with van der Waals surface area (Å²) in [7, 11) is 0. The van der Waals surface area contributed by atoms with Crippen molar-refractivity contribution in [2.24, 2.45) is 0 Å².